The summed E-state index contributed by atoms with van der Waals surface area (Å²) < 4.78 is 27.5. The first-order valence-corrected chi connectivity index (χ1v) is 10.7. The average Bonchev–Trinajstić information content (AvgIpc) is 2.61. The van der Waals surface area contributed by atoms with Gasteiger partial charge in [-0.2, -0.15) is 4.31 Å². The third kappa shape index (κ3) is 4.82. The normalized spacial score (nSPS) is 18.4. The van der Waals surface area contributed by atoms with Gasteiger partial charge in [0.15, 0.2) is 0 Å². The zero-order valence-corrected chi connectivity index (χ0v) is 16.8. The summed E-state index contributed by atoms with van der Waals surface area (Å²) in [6.07, 6.45) is 1.52. The highest BCUT2D eigenvalue weighted by molar-refractivity contribution is 7.89. The standard InChI is InChI=1S/C19H19Cl2NO4S/c20-16-9-17(21)11-18(10-16)27(25,26)22-6-2-5-15(12-22)14-4-1-3-13(7-14)8-19(23)24/h1,3-4,7,9-11,15H,2,5-6,8,12H2,(H,23,24). The molecule has 1 heterocycles. The van der Waals surface area contributed by atoms with E-state index < -0.39 is 16.0 Å². The van der Waals surface area contributed by atoms with E-state index in [4.69, 9.17) is 28.3 Å². The maximum absolute atomic E-state index is 13.0. The molecule has 1 fully saturated rings. The molecule has 8 heteroatoms. The predicted octanol–water partition coefficient (Wildman–Crippen LogP) is 4.19. The van der Waals surface area contributed by atoms with Crippen molar-refractivity contribution in [3.05, 3.63) is 63.6 Å². The molecule has 2 aromatic rings. The highest BCUT2D eigenvalue weighted by Gasteiger charge is 2.31. The van der Waals surface area contributed by atoms with Crippen LogP contribution in [0.25, 0.3) is 0 Å². The SMILES string of the molecule is O=C(O)Cc1cccc(C2CCCN(S(=O)(=O)c3cc(Cl)cc(Cl)c3)C2)c1. The van der Waals surface area contributed by atoms with Crippen LogP contribution in [0.4, 0.5) is 0 Å². The van der Waals surface area contributed by atoms with Gasteiger partial charge in [-0.15, -0.1) is 0 Å². The largest absolute Gasteiger partial charge is 0.481 e. The molecule has 27 heavy (non-hydrogen) atoms. The maximum Gasteiger partial charge on any atom is 0.307 e. The summed E-state index contributed by atoms with van der Waals surface area (Å²) in [6, 6.07) is 11.7. The number of hydrogen-bond acceptors (Lipinski definition) is 3. The van der Waals surface area contributed by atoms with Crippen LogP contribution in [0.5, 0.6) is 0 Å². The molecule has 0 amide bonds. The number of rotatable bonds is 5. The zero-order valence-electron chi connectivity index (χ0n) is 14.4. The van der Waals surface area contributed by atoms with Crippen LogP contribution in [-0.2, 0) is 21.2 Å². The molecule has 3 rings (SSSR count). The van der Waals surface area contributed by atoms with Crippen LogP contribution in [-0.4, -0.2) is 36.9 Å². The summed E-state index contributed by atoms with van der Waals surface area (Å²) in [5.74, 6) is -0.880. The van der Waals surface area contributed by atoms with Crippen LogP contribution in [0.1, 0.15) is 29.9 Å². The van der Waals surface area contributed by atoms with Gasteiger partial charge >= 0.3 is 5.97 Å². The lowest BCUT2D eigenvalue weighted by molar-refractivity contribution is -0.136. The Kier molecular flexibility index (Phi) is 6.11. The average molecular weight is 428 g/mol. The number of hydrogen-bond donors (Lipinski definition) is 1. The van der Waals surface area contributed by atoms with Gasteiger partial charge in [-0.1, -0.05) is 47.5 Å². The summed E-state index contributed by atoms with van der Waals surface area (Å²) in [4.78, 5) is 11.0. The maximum atomic E-state index is 13.0. The monoisotopic (exact) mass is 427 g/mol. The Balaban J connectivity index is 1.84. The Labute approximate surface area is 168 Å². The number of halogens is 2. The first-order chi connectivity index (χ1) is 12.8. The Bertz CT molecular complexity index is 942. The number of nitrogens with zero attached hydrogens (tertiary/aromatic N) is 1. The van der Waals surface area contributed by atoms with E-state index in [0.717, 1.165) is 18.4 Å². The van der Waals surface area contributed by atoms with E-state index in [2.05, 4.69) is 0 Å². The highest BCUT2D eigenvalue weighted by Crippen LogP contribution is 2.32. The van der Waals surface area contributed by atoms with Crippen molar-refractivity contribution in [3.63, 3.8) is 0 Å². The van der Waals surface area contributed by atoms with Crippen molar-refractivity contribution in [3.8, 4) is 0 Å². The second-order valence-electron chi connectivity index (χ2n) is 6.62. The van der Waals surface area contributed by atoms with Gasteiger partial charge < -0.3 is 5.11 Å². The van der Waals surface area contributed by atoms with Crippen LogP contribution >= 0.6 is 23.2 Å². The van der Waals surface area contributed by atoms with Crippen molar-refractivity contribution < 1.29 is 18.3 Å². The van der Waals surface area contributed by atoms with Gasteiger partial charge in [0.2, 0.25) is 10.0 Å². The molecule has 0 aromatic heterocycles. The van der Waals surface area contributed by atoms with Gasteiger partial charge in [0.1, 0.15) is 0 Å². The smallest absolute Gasteiger partial charge is 0.307 e. The lowest BCUT2D eigenvalue weighted by atomic mass is 9.90. The molecule has 0 spiro atoms. The summed E-state index contributed by atoms with van der Waals surface area (Å²) in [5.41, 5.74) is 1.67. The first-order valence-electron chi connectivity index (χ1n) is 8.52. The molecule has 0 radical (unpaired) electrons. The number of carbonyl (C=O) groups is 1. The highest BCUT2D eigenvalue weighted by atomic mass is 35.5. The Hall–Kier alpha value is -1.60. The van der Waals surface area contributed by atoms with E-state index in [1.165, 1.54) is 22.5 Å². The third-order valence-corrected chi connectivity index (χ3v) is 6.92. The quantitative estimate of drug-likeness (QED) is 0.775. The van der Waals surface area contributed by atoms with Gasteiger partial charge in [-0.25, -0.2) is 8.42 Å². The number of benzene rings is 2. The van der Waals surface area contributed by atoms with Gasteiger partial charge in [0.05, 0.1) is 11.3 Å². The number of piperidine rings is 1. The third-order valence-electron chi connectivity index (χ3n) is 4.64. The summed E-state index contributed by atoms with van der Waals surface area (Å²) >= 11 is 11.9. The molecule has 1 aliphatic rings. The molecule has 144 valence electrons. The van der Waals surface area contributed by atoms with Crippen molar-refractivity contribution in [2.45, 2.75) is 30.1 Å². The molecule has 1 saturated heterocycles. The van der Waals surface area contributed by atoms with Crippen LogP contribution in [0.15, 0.2) is 47.4 Å². The van der Waals surface area contributed by atoms with E-state index in [1.54, 1.807) is 6.07 Å². The van der Waals surface area contributed by atoms with Crippen molar-refractivity contribution in [2.24, 2.45) is 0 Å². The molecule has 1 N–H and O–H groups in total. The lowest BCUT2D eigenvalue weighted by Crippen LogP contribution is -2.39. The second kappa shape index (κ2) is 8.19. The second-order valence-corrected chi connectivity index (χ2v) is 9.43. The molecule has 2 aromatic carbocycles. The molecular weight excluding hydrogens is 409 g/mol. The lowest BCUT2D eigenvalue weighted by Gasteiger charge is -2.32. The minimum Gasteiger partial charge on any atom is -0.481 e. The van der Waals surface area contributed by atoms with Gasteiger partial charge in [0.25, 0.3) is 0 Å². The number of carboxylic acids is 1. The number of sulfonamides is 1. The van der Waals surface area contributed by atoms with Crippen molar-refractivity contribution in [1.82, 2.24) is 4.31 Å². The molecule has 0 aliphatic carbocycles. The molecule has 1 aliphatic heterocycles. The molecule has 1 unspecified atom stereocenters. The summed E-state index contributed by atoms with van der Waals surface area (Å²) in [6.45, 7) is 0.765. The van der Waals surface area contributed by atoms with Crippen LogP contribution in [0.2, 0.25) is 10.0 Å². The molecule has 5 nitrogen and oxygen atoms in total. The van der Waals surface area contributed by atoms with E-state index in [0.29, 0.717) is 18.7 Å². The summed E-state index contributed by atoms with van der Waals surface area (Å²) in [5, 5.41) is 9.53. The van der Waals surface area contributed by atoms with Crippen molar-refractivity contribution in [2.75, 3.05) is 13.1 Å². The molecular formula is C19H19Cl2NO4S. The van der Waals surface area contributed by atoms with Crippen molar-refractivity contribution in [1.29, 1.82) is 0 Å². The van der Waals surface area contributed by atoms with Crippen molar-refractivity contribution >= 4 is 39.2 Å². The molecule has 0 saturated carbocycles. The zero-order chi connectivity index (χ0) is 19.6. The van der Waals surface area contributed by atoms with E-state index in [-0.39, 0.29) is 27.3 Å². The fourth-order valence-corrected chi connectivity index (χ4v) is 5.64. The Morgan fingerprint density at radius 3 is 2.52 bits per heavy atom. The topological polar surface area (TPSA) is 74.7 Å². The minimum absolute atomic E-state index is 0.0110. The summed E-state index contributed by atoms with van der Waals surface area (Å²) in [7, 11) is -3.71. The molecule has 1 atom stereocenters. The number of aliphatic carboxylic acids is 1. The van der Waals surface area contributed by atoms with Crippen LogP contribution in [0, 0.1) is 0 Å². The fraction of sp³-hybridized carbons (Fsp3) is 0.316. The number of carboxylic acid groups (broad SMARTS) is 1. The molecule has 0 bridgehead atoms. The Morgan fingerprint density at radius 1 is 1.15 bits per heavy atom. The first kappa shape index (κ1) is 20.1. The van der Waals surface area contributed by atoms with Gasteiger partial charge in [-0.05, 0) is 48.1 Å². The minimum atomic E-state index is -3.71. The Morgan fingerprint density at radius 2 is 1.85 bits per heavy atom. The van der Waals surface area contributed by atoms with E-state index >= 15 is 0 Å². The predicted molar refractivity (Wildman–Crippen MR) is 105 cm³/mol. The van der Waals surface area contributed by atoms with Gasteiger partial charge in [-0.3, -0.25) is 4.79 Å². The van der Waals surface area contributed by atoms with Gasteiger partial charge in [0, 0.05) is 23.1 Å². The van der Waals surface area contributed by atoms with E-state index in [9.17, 15) is 13.2 Å². The van der Waals surface area contributed by atoms with Crippen LogP contribution < -0.4 is 0 Å². The fourth-order valence-electron chi connectivity index (χ4n) is 3.39. The van der Waals surface area contributed by atoms with Crippen LogP contribution in [0.3, 0.4) is 0 Å². The van der Waals surface area contributed by atoms with E-state index in [1.807, 2.05) is 18.2 Å².